The van der Waals surface area contributed by atoms with Crippen molar-refractivity contribution in [3.63, 3.8) is 0 Å². The molecular weight excluding hydrogens is 256 g/mol. The van der Waals surface area contributed by atoms with E-state index in [2.05, 4.69) is 19.8 Å². The van der Waals surface area contributed by atoms with Crippen molar-refractivity contribution < 1.29 is 9.90 Å². The Bertz CT molecular complexity index is 405. The summed E-state index contributed by atoms with van der Waals surface area (Å²) in [5.41, 5.74) is 0. The first-order chi connectivity index (χ1) is 9.75. The Labute approximate surface area is 119 Å². The molecule has 6 nitrogen and oxygen atoms in total. The van der Waals surface area contributed by atoms with E-state index in [0.29, 0.717) is 6.42 Å². The van der Waals surface area contributed by atoms with E-state index >= 15 is 0 Å². The number of aromatic nitrogens is 2. The van der Waals surface area contributed by atoms with Crippen LogP contribution >= 0.6 is 0 Å². The summed E-state index contributed by atoms with van der Waals surface area (Å²) in [4.78, 5) is 23.6. The third kappa shape index (κ3) is 4.77. The van der Waals surface area contributed by atoms with Crippen LogP contribution in [0.4, 0.5) is 5.95 Å². The van der Waals surface area contributed by atoms with Gasteiger partial charge in [0.05, 0.1) is 0 Å². The van der Waals surface area contributed by atoms with Crippen LogP contribution in [0.25, 0.3) is 0 Å². The summed E-state index contributed by atoms with van der Waals surface area (Å²) < 4.78 is 0. The molecular formula is C14H22N4O2. The van der Waals surface area contributed by atoms with Gasteiger partial charge in [-0.15, -0.1) is 0 Å². The second kappa shape index (κ2) is 7.79. The molecule has 1 fully saturated rings. The zero-order valence-corrected chi connectivity index (χ0v) is 11.7. The lowest BCUT2D eigenvalue weighted by atomic mass is 10.2. The fourth-order valence-corrected chi connectivity index (χ4v) is 2.41. The van der Waals surface area contributed by atoms with Gasteiger partial charge in [-0.2, -0.15) is 0 Å². The van der Waals surface area contributed by atoms with Crippen LogP contribution in [0.3, 0.4) is 0 Å². The number of unbranched alkanes of at least 4 members (excludes halogenated alkanes) is 2. The maximum Gasteiger partial charge on any atom is 0.303 e. The Kier molecular flexibility index (Phi) is 5.73. The van der Waals surface area contributed by atoms with Crippen molar-refractivity contribution in [2.75, 3.05) is 37.6 Å². The maximum absolute atomic E-state index is 10.4. The maximum atomic E-state index is 10.4. The third-order valence-corrected chi connectivity index (χ3v) is 3.57. The molecule has 0 aromatic carbocycles. The van der Waals surface area contributed by atoms with E-state index in [-0.39, 0.29) is 0 Å². The van der Waals surface area contributed by atoms with Crippen molar-refractivity contribution in [2.45, 2.75) is 25.7 Å². The number of aliphatic carboxylic acids is 1. The van der Waals surface area contributed by atoms with Gasteiger partial charge in [0.25, 0.3) is 0 Å². The quantitative estimate of drug-likeness (QED) is 0.757. The fourth-order valence-electron chi connectivity index (χ4n) is 2.41. The Hall–Kier alpha value is -1.69. The summed E-state index contributed by atoms with van der Waals surface area (Å²) in [6.45, 7) is 5.02. The van der Waals surface area contributed by atoms with E-state index in [9.17, 15) is 4.79 Å². The molecule has 0 radical (unpaired) electrons. The van der Waals surface area contributed by atoms with Gasteiger partial charge < -0.3 is 10.0 Å². The van der Waals surface area contributed by atoms with Crippen LogP contribution in [0.15, 0.2) is 18.5 Å². The Morgan fingerprint density at radius 2 is 1.80 bits per heavy atom. The highest BCUT2D eigenvalue weighted by molar-refractivity contribution is 5.66. The average Bonchev–Trinajstić information content (AvgIpc) is 2.48. The normalized spacial score (nSPS) is 16.3. The number of carboxylic acid groups (broad SMARTS) is 1. The second-order valence-electron chi connectivity index (χ2n) is 5.08. The summed E-state index contributed by atoms with van der Waals surface area (Å²) >= 11 is 0. The first-order valence-corrected chi connectivity index (χ1v) is 7.22. The smallest absolute Gasteiger partial charge is 0.303 e. The summed E-state index contributed by atoms with van der Waals surface area (Å²) in [6, 6.07) is 1.83. The molecule has 1 aromatic heterocycles. The van der Waals surface area contributed by atoms with Crippen LogP contribution < -0.4 is 4.90 Å². The van der Waals surface area contributed by atoms with Crippen LogP contribution in [-0.4, -0.2) is 58.7 Å². The lowest BCUT2D eigenvalue weighted by Gasteiger charge is -2.34. The van der Waals surface area contributed by atoms with E-state index in [1.54, 1.807) is 12.4 Å². The van der Waals surface area contributed by atoms with Crippen LogP contribution in [0.5, 0.6) is 0 Å². The number of nitrogens with zero attached hydrogens (tertiary/aromatic N) is 4. The van der Waals surface area contributed by atoms with Gasteiger partial charge in [0.1, 0.15) is 0 Å². The molecule has 0 aliphatic carbocycles. The van der Waals surface area contributed by atoms with Crippen LogP contribution in [-0.2, 0) is 4.79 Å². The lowest BCUT2D eigenvalue weighted by molar-refractivity contribution is -0.137. The first kappa shape index (κ1) is 14.7. The zero-order valence-electron chi connectivity index (χ0n) is 11.7. The van der Waals surface area contributed by atoms with E-state index in [1.165, 1.54) is 0 Å². The highest BCUT2D eigenvalue weighted by Crippen LogP contribution is 2.10. The van der Waals surface area contributed by atoms with Crippen molar-refractivity contribution in [3.05, 3.63) is 18.5 Å². The minimum absolute atomic E-state index is 0.291. The Morgan fingerprint density at radius 3 is 2.45 bits per heavy atom. The van der Waals surface area contributed by atoms with Gasteiger partial charge in [0.15, 0.2) is 0 Å². The molecule has 0 amide bonds. The highest BCUT2D eigenvalue weighted by atomic mass is 16.4. The van der Waals surface area contributed by atoms with Crippen molar-refractivity contribution in [2.24, 2.45) is 0 Å². The van der Waals surface area contributed by atoms with Gasteiger partial charge in [-0.05, 0) is 25.5 Å². The summed E-state index contributed by atoms with van der Waals surface area (Å²) in [5, 5.41) is 8.57. The molecule has 2 rings (SSSR count). The number of carboxylic acids is 1. The minimum Gasteiger partial charge on any atom is -0.481 e. The SMILES string of the molecule is O=C(O)CCCCCN1CCN(c2ncccn2)CC1. The molecule has 0 atom stereocenters. The first-order valence-electron chi connectivity index (χ1n) is 7.22. The molecule has 1 aliphatic rings. The molecule has 0 unspecified atom stereocenters. The molecule has 6 heteroatoms. The van der Waals surface area contributed by atoms with Gasteiger partial charge in [0, 0.05) is 45.0 Å². The molecule has 1 aliphatic heterocycles. The molecule has 2 heterocycles. The largest absolute Gasteiger partial charge is 0.481 e. The van der Waals surface area contributed by atoms with Crippen LogP contribution in [0, 0.1) is 0 Å². The van der Waals surface area contributed by atoms with Gasteiger partial charge in [0.2, 0.25) is 5.95 Å². The van der Waals surface area contributed by atoms with Crippen LogP contribution in [0.2, 0.25) is 0 Å². The Balaban J connectivity index is 1.61. The lowest BCUT2D eigenvalue weighted by Crippen LogP contribution is -2.47. The number of hydrogen-bond donors (Lipinski definition) is 1. The van der Waals surface area contributed by atoms with Crippen molar-refractivity contribution in [1.29, 1.82) is 0 Å². The molecule has 0 bridgehead atoms. The molecule has 0 saturated carbocycles. The number of anilines is 1. The van der Waals surface area contributed by atoms with Gasteiger partial charge >= 0.3 is 5.97 Å². The molecule has 20 heavy (non-hydrogen) atoms. The predicted molar refractivity (Wildman–Crippen MR) is 76.8 cm³/mol. The van der Waals surface area contributed by atoms with Gasteiger partial charge in [-0.3, -0.25) is 9.69 Å². The van der Waals surface area contributed by atoms with E-state index < -0.39 is 5.97 Å². The van der Waals surface area contributed by atoms with E-state index in [1.807, 2.05) is 6.07 Å². The summed E-state index contributed by atoms with van der Waals surface area (Å²) in [7, 11) is 0. The second-order valence-corrected chi connectivity index (χ2v) is 5.08. The number of piperazine rings is 1. The predicted octanol–water partition coefficient (Wildman–Crippen LogP) is 1.24. The molecule has 110 valence electrons. The van der Waals surface area contributed by atoms with Crippen molar-refractivity contribution in [1.82, 2.24) is 14.9 Å². The monoisotopic (exact) mass is 278 g/mol. The summed E-state index contributed by atoms with van der Waals surface area (Å²) in [6.07, 6.45) is 6.70. The third-order valence-electron chi connectivity index (χ3n) is 3.57. The topological polar surface area (TPSA) is 69.6 Å². The minimum atomic E-state index is -0.693. The number of rotatable bonds is 7. The summed E-state index contributed by atoms with van der Waals surface area (Å²) in [5.74, 6) is 0.120. The number of hydrogen-bond acceptors (Lipinski definition) is 5. The zero-order chi connectivity index (χ0) is 14.2. The average molecular weight is 278 g/mol. The molecule has 0 spiro atoms. The highest BCUT2D eigenvalue weighted by Gasteiger charge is 2.17. The molecule has 1 saturated heterocycles. The van der Waals surface area contributed by atoms with Gasteiger partial charge in [-0.1, -0.05) is 6.42 Å². The molecule has 1 aromatic rings. The standard InChI is InChI=1S/C14H22N4O2/c19-13(20)5-2-1-3-8-17-9-11-18(12-10-17)14-15-6-4-7-16-14/h4,6-7H,1-3,5,8-12H2,(H,19,20). The van der Waals surface area contributed by atoms with E-state index in [4.69, 9.17) is 5.11 Å². The van der Waals surface area contributed by atoms with Crippen molar-refractivity contribution >= 4 is 11.9 Å². The fraction of sp³-hybridized carbons (Fsp3) is 0.643. The van der Waals surface area contributed by atoms with Crippen molar-refractivity contribution in [3.8, 4) is 0 Å². The Morgan fingerprint density at radius 1 is 1.10 bits per heavy atom. The number of carbonyl (C=O) groups is 1. The van der Waals surface area contributed by atoms with Gasteiger partial charge in [-0.25, -0.2) is 9.97 Å². The van der Waals surface area contributed by atoms with E-state index in [0.717, 1.165) is 57.9 Å². The van der Waals surface area contributed by atoms with Crippen LogP contribution in [0.1, 0.15) is 25.7 Å². The molecule has 1 N–H and O–H groups in total.